The lowest BCUT2D eigenvalue weighted by atomic mass is 9.69. The Labute approximate surface area is 79.1 Å². The molecule has 1 fully saturated rings. The van der Waals surface area contributed by atoms with Crippen LogP contribution in [0.2, 0.25) is 0 Å². The molecule has 1 saturated heterocycles. The van der Waals surface area contributed by atoms with Crippen molar-refractivity contribution in [2.45, 2.75) is 33.1 Å². The van der Waals surface area contributed by atoms with E-state index < -0.39 is 5.97 Å². The number of hydrogen-bond donors (Lipinski definition) is 1. The van der Waals surface area contributed by atoms with Gasteiger partial charge in [0.2, 0.25) is 0 Å². The van der Waals surface area contributed by atoms with E-state index >= 15 is 0 Å². The Morgan fingerprint density at radius 1 is 1.54 bits per heavy atom. The van der Waals surface area contributed by atoms with Gasteiger partial charge >= 0.3 is 5.97 Å². The maximum Gasteiger partial charge on any atom is 0.307 e. The van der Waals surface area contributed by atoms with Crippen LogP contribution in [-0.4, -0.2) is 24.3 Å². The fourth-order valence-corrected chi connectivity index (χ4v) is 2.25. The highest BCUT2D eigenvalue weighted by atomic mass is 16.5. The van der Waals surface area contributed by atoms with Crippen LogP contribution in [0.3, 0.4) is 0 Å². The molecule has 1 aliphatic rings. The van der Waals surface area contributed by atoms with Crippen molar-refractivity contribution in [1.82, 2.24) is 0 Å². The zero-order chi connectivity index (χ0) is 9.90. The van der Waals surface area contributed by atoms with Crippen LogP contribution in [0.5, 0.6) is 0 Å². The number of ether oxygens (including phenoxy) is 1. The first kappa shape index (κ1) is 10.5. The van der Waals surface area contributed by atoms with Gasteiger partial charge < -0.3 is 9.84 Å². The standard InChI is InChI=1S/C10H18O3/c1-3-5-10(6-13-7-10)8(4-2)9(11)12/h8H,3-7H2,1-2H3,(H,11,12). The van der Waals surface area contributed by atoms with Gasteiger partial charge in [0.1, 0.15) is 0 Å². The van der Waals surface area contributed by atoms with E-state index in [1.807, 2.05) is 6.92 Å². The minimum Gasteiger partial charge on any atom is -0.481 e. The summed E-state index contributed by atoms with van der Waals surface area (Å²) in [5.41, 5.74) is -0.0602. The third-order valence-corrected chi connectivity index (χ3v) is 2.97. The van der Waals surface area contributed by atoms with Gasteiger partial charge in [0.05, 0.1) is 19.1 Å². The van der Waals surface area contributed by atoms with Gasteiger partial charge in [-0.3, -0.25) is 4.79 Å². The first-order valence-corrected chi connectivity index (χ1v) is 4.97. The zero-order valence-electron chi connectivity index (χ0n) is 8.38. The maximum absolute atomic E-state index is 11.0. The van der Waals surface area contributed by atoms with Gasteiger partial charge in [-0.2, -0.15) is 0 Å². The van der Waals surface area contributed by atoms with Crippen LogP contribution in [0.1, 0.15) is 33.1 Å². The van der Waals surface area contributed by atoms with Crippen molar-refractivity contribution in [3.05, 3.63) is 0 Å². The van der Waals surface area contributed by atoms with Crippen LogP contribution in [0.15, 0.2) is 0 Å². The van der Waals surface area contributed by atoms with Gasteiger partial charge in [-0.25, -0.2) is 0 Å². The minimum absolute atomic E-state index is 0.0602. The molecule has 1 atom stereocenters. The fraction of sp³-hybridized carbons (Fsp3) is 0.900. The number of hydrogen-bond acceptors (Lipinski definition) is 2. The Balaban J connectivity index is 2.67. The normalized spacial score (nSPS) is 22.0. The highest BCUT2D eigenvalue weighted by Crippen LogP contribution is 2.42. The monoisotopic (exact) mass is 186 g/mol. The topological polar surface area (TPSA) is 46.5 Å². The first-order valence-electron chi connectivity index (χ1n) is 4.97. The van der Waals surface area contributed by atoms with Crippen molar-refractivity contribution in [3.8, 4) is 0 Å². The van der Waals surface area contributed by atoms with Gasteiger partial charge in [-0.15, -0.1) is 0 Å². The van der Waals surface area contributed by atoms with E-state index in [1.165, 1.54) is 0 Å². The summed E-state index contributed by atoms with van der Waals surface area (Å²) in [5.74, 6) is -0.888. The van der Waals surface area contributed by atoms with Crippen molar-refractivity contribution in [3.63, 3.8) is 0 Å². The van der Waals surface area contributed by atoms with Gasteiger partial charge in [-0.1, -0.05) is 20.3 Å². The molecule has 0 amide bonds. The summed E-state index contributed by atoms with van der Waals surface area (Å²) >= 11 is 0. The molecule has 0 aromatic heterocycles. The smallest absolute Gasteiger partial charge is 0.307 e. The van der Waals surface area contributed by atoms with E-state index in [0.717, 1.165) is 12.8 Å². The van der Waals surface area contributed by atoms with Crippen molar-refractivity contribution < 1.29 is 14.6 Å². The number of carboxylic acid groups (broad SMARTS) is 1. The Bertz CT molecular complexity index is 185. The number of carbonyl (C=O) groups is 1. The predicted octanol–water partition coefficient (Wildman–Crippen LogP) is 1.91. The molecular weight excluding hydrogens is 168 g/mol. The second-order valence-corrected chi connectivity index (χ2v) is 3.90. The highest BCUT2D eigenvalue weighted by molar-refractivity contribution is 5.71. The summed E-state index contributed by atoms with van der Waals surface area (Å²) in [6.45, 7) is 5.29. The molecule has 13 heavy (non-hydrogen) atoms. The Morgan fingerprint density at radius 2 is 2.15 bits per heavy atom. The van der Waals surface area contributed by atoms with Gasteiger partial charge in [0.15, 0.2) is 0 Å². The average Bonchev–Trinajstić information content (AvgIpc) is 2.00. The van der Waals surface area contributed by atoms with E-state index in [0.29, 0.717) is 19.6 Å². The van der Waals surface area contributed by atoms with Crippen molar-refractivity contribution in [2.24, 2.45) is 11.3 Å². The summed E-state index contributed by atoms with van der Waals surface area (Å²) in [7, 11) is 0. The lowest BCUT2D eigenvalue weighted by Crippen LogP contribution is -2.50. The molecule has 0 aliphatic carbocycles. The van der Waals surface area contributed by atoms with E-state index in [1.54, 1.807) is 0 Å². The van der Waals surface area contributed by atoms with E-state index in [-0.39, 0.29) is 11.3 Å². The zero-order valence-corrected chi connectivity index (χ0v) is 8.38. The van der Waals surface area contributed by atoms with Crippen LogP contribution >= 0.6 is 0 Å². The molecular formula is C10H18O3. The Kier molecular flexibility index (Phi) is 3.31. The van der Waals surface area contributed by atoms with Gasteiger partial charge in [0.25, 0.3) is 0 Å². The van der Waals surface area contributed by atoms with Crippen molar-refractivity contribution in [2.75, 3.05) is 13.2 Å². The molecule has 0 saturated carbocycles. The third-order valence-electron chi connectivity index (χ3n) is 2.97. The second-order valence-electron chi connectivity index (χ2n) is 3.90. The molecule has 1 heterocycles. The van der Waals surface area contributed by atoms with Crippen LogP contribution in [0, 0.1) is 11.3 Å². The molecule has 1 N–H and O–H groups in total. The summed E-state index contributed by atoms with van der Waals surface area (Å²) in [6, 6.07) is 0. The molecule has 1 aliphatic heterocycles. The first-order chi connectivity index (χ1) is 6.16. The summed E-state index contributed by atoms with van der Waals surface area (Å²) in [4.78, 5) is 11.0. The largest absolute Gasteiger partial charge is 0.481 e. The molecule has 0 radical (unpaired) electrons. The van der Waals surface area contributed by atoms with Crippen LogP contribution in [-0.2, 0) is 9.53 Å². The summed E-state index contributed by atoms with van der Waals surface area (Å²) in [6.07, 6.45) is 2.71. The number of aliphatic carboxylic acids is 1. The molecule has 76 valence electrons. The average molecular weight is 186 g/mol. The van der Waals surface area contributed by atoms with Crippen molar-refractivity contribution >= 4 is 5.97 Å². The number of rotatable bonds is 5. The maximum atomic E-state index is 11.0. The van der Waals surface area contributed by atoms with E-state index in [2.05, 4.69) is 6.92 Å². The van der Waals surface area contributed by atoms with E-state index in [4.69, 9.17) is 9.84 Å². The Hall–Kier alpha value is -0.570. The summed E-state index contributed by atoms with van der Waals surface area (Å²) in [5, 5.41) is 9.04. The molecule has 1 rings (SSSR count). The van der Waals surface area contributed by atoms with Crippen LogP contribution in [0.4, 0.5) is 0 Å². The van der Waals surface area contributed by atoms with Gasteiger partial charge in [0, 0.05) is 5.41 Å². The Morgan fingerprint density at radius 3 is 2.38 bits per heavy atom. The highest BCUT2D eigenvalue weighted by Gasteiger charge is 2.47. The molecule has 0 aromatic carbocycles. The molecule has 0 bridgehead atoms. The van der Waals surface area contributed by atoms with E-state index in [9.17, 15) is 4.79 Å². The lowest BCUT2D eigenvalue weighted by Gasteiger charge is -2.45. The van der Waals surface area contributed by atoms with Gasteiger partial charge in [-0.05, 0) is 12.8 Å². The summed E-state index contributed by atoms with van der Waals surface area (Å²) < 4.78 is 5.16. The second kappa shape index (κ2) is 4.09. The lowest BCUT2D eigenvalue weighted by molar-refractivity contribution is -0.178. The molecule has 1 unspecified atom stereocenters. The SMILES string of the molecule is CCCC1(C(CC)C(=O)O)COC1. The van der Waals surface area contributed by atoms with Crippen LogP contribution in [0.25, 0.3) is 0 Å². The minimum atomic E-state index is -0.667. The third kappa shape index (κ3) is 1.85. The quantitative estimate of drug-likeness (QED) is 0.713. The molecule has 0 spiro atoms. The molecule has 3 heteroatoms. The number of carboxylic acids is 1. The predicted molar refractivity (Wildman–Crippen MR) is 49.6 cm³/mol. The molecule has 0 aromatic rings. The van der Waals surface area contributed by atoms with Crippen molar-refractivity contribution in [1.29, 1.82) is 0 Å². The molecule has 3 nitrogen and oxygen atoms in total. The van der Waals surface area contributed by atoms with Crippen LogP contribution < -0.4 is 0 Å². The fourth-order valence-electron chi connectivity index (χ4n) is 2.25.